The summed E-state index contributed by atoms with van der Waals surface area (Å²) >= 11 is 6.19. The number of halogens is 1. The number of hydrogen-bond donors (Lipinski definition) is 0. The van der Waals surface area contributed by atoms with Crippen LogP contribution in [0.4, 0.5) is 0 Å². The van der Waals surface area contributed by atoms with Gasteiger partial charge in [-0.05, 0) is 18.4 Å². The van der Waals surface area contributed by atoms with Crippen molar-refractivity contribution in [3.63, 3.8) is 0 Å². The molecule has 15 heavy (non-hydrogen) atoms. The summed E-state index contributed by atoms with van der Waals surface area (Å²) in [6, 6.07) is 6.08. The van der Waals surface area contributed by atoms with E-state index in [1.165, 1.54) is 5.56 Å². The van der Waals surface area contributed by atoms with Crippen LogP contribution in [0.2, 0.25) is 5.15 Å². The van der Waals surface area contributed by atoms with Gasteiger partial charge >= 0.3 is 0 Å². The zero-order valence-corrected chi connectivity index (χ0v) is 8.92. The summed E-state index contributed by atoms with van der Waals surface area (Å²) in [6.45, 7) is 0.917. The van der Waals surface area contributed by atoms with Crippen molar-refractivity contribution < 1.29 is 4.79 Å². The Kier molecular flexibility index (Phi) is 1.86. The van der Waals surface area contributed by atoms with Crippen molar-refractivity contribution in [3.8, 4) is 0 Å². The molecule has 3 heteroatoms. The van der Waals surface area contributed by atoms with E-state index < -0.39 is 0 Å². The van der Waals surface area contributed by atoms with Crippen LogP contribution in [0, 0.1) is 0 Å². The van der Waals surface area contributed by atoms with Gasteiger partial charge in [0, 0.05) is 11.9 Å². The van der Waals surface area contributed by atoms with Gasteiger partial charge in [0.25, 0.3) is 0 Å². The Labute approximate surface area is 92.5 Å². The number of aldehydes is 1. The smallest absolute Gasteiger partial charge is 0.153 e. The summed E-state index contributed by atoms with van der Waals surface area (Å²) in [6.07, 6.45) is 3.03. The van der Waals surface area contributed by atoms with Crippen LogP contribution < -0.4 is 0 Å². The largest absolute Gasteiger partial charge is 0.331 e. The molecular formula is C12H10ClNO. The predicted octanol–water partition coefficient (Wildman–Crippen LogP) is 3.05. The minimum absolute atomic E-state index is 0.590. The molecule has 0 spiro atoms. The van der Waals surface area contributed by atoms with Crippen molar-refractivity contribution in [2.45, 2.75) is 19.4 Å². The van der Waals surface area contributed by atoms with Gasteiger partial charge in [-0.1, -0.05) is 29.8 Å². The van der Waals surface area contributed by atoms with E-state index in [-0.39, 0.29) is 0 Å². The van der Waals surface area contributed by atoms with Crippen LogP contribution in [0.3, 0.4) is 0 Å². The Morgan fingerprint density at radius 3 is 3.07 bits per heavy atom. The molecule has 0 amide bonds. The highest BCUT2D eigenvalue weighted by molar-refractivity contribution is 6.34. The van der Waals surface area contributed by atoms with Gasteiger partial charge in [-0.3, -0.25) is 4.79 Å². The van der Waals surface area contributed by atoms with Crippen LogP contribution in [0.1, 0.15) is 22.3 Å². The van der Waals surface area contributed by atoms with Gasteiger partial charge in [-0.2, -0.15) is 0 Å². The Bertz CT molecular complexity index is 556. The molecule has 2 nitrogen and oxygen atoms in total. The molecule has 0 bridgehead atoms. The minimum Gasteiger partial charge on any atom is -0.331 e. The van der Waals surface area contributed by atoms with Crippen LogP contribution in [-0.2, 0) is 13.0 Å². The second kappa shape index (κ2) is 3.11. The number of carbonyl (C=O) groups excluding carboxylic acids is 1. The van der Waals surface area contributed by atoms with E-state index in [4.69, 9.17) is 11.6 Å². The van der Waals surface area contributed by atoms with Crippen molar-refractivity contribution in [2.24, 2.45) is 0 Å². The average molecular weight is 220 g/mol. The van der Waals surface area contributed by atoms with E-state index in [0.29, 0.717) is 10.7 Å². The lowest BCUT2D eigenvalue weighted by molar-refractivity contribution is 0.112. The normalized spacial score (nSPS) is 14.5. The molecule has 0 radical (unpaired) electrons. The fourth-order valence-electron chi connectivity index (χ4n) is 2.43. The predicted molar refractivity (Wildman–Crippen MR) is 60.7 cm³/mol. The number of hydrogen-bond acceptors (Lipinski definition) is 1. The van der Waals surface area contributed by atoms with Crippen molar-refractivity contribution >= 4 is 28.8 Å². The Hall–Kier alpha value is -1.28. The molecule has 0 saturated heterocycles. The molecule has 1 aliphatic heterocycles. The molecule has 0 unspecified atom stereocenters. The van der Waals surface area contributed by atoms with Gasteiger partial charge < -0.3 is 4.57 Å². The molecule has 2 heterocycles. The van der Waals surface area contributed by atoms with Crippen LogP contribution in [0.15, 0.2) is 18.2 Å². The lowest BCUT2D eigenvalue weighted by Crippen LogP contribution is -2.07. The summed E-state index contributed by atoms with van der Waals surface area (Å²) in [4.78, 5) is 11.0. The molecule has 1 aromatic heterocycles. The van der Waals surface area contributed by atoms with Crippen molar-refractivity contribution in [1.82, 2.24) is 4.57 Å². The minimum atomic E-state index is 0.590. The maximum atomic E-state index is 11.0. The maximum Gasteiger partial charge on any atom is 0.153 e. The molecule has 76 valence electrons. The van der Waals surface area contributed by atoms with E-state index in [0.717, 1.165) is 36.6 Å². The fraction of sp³-hybridized carbons (Fsp3) is 0.250. The number of para-hydroxylation sites is 1. The Balaban J connectivity index is 2.53. The molecule has 0 atom stereocenters. The summed E-state index contributed by atoms with van der Waals surface area (Å²) in [5.74, 6) is 0. The number of carbonyl (C=O) groups is 1. The molecule has 1 aliphatic rings. The third-order valence-corrected chi connectivity index (χ3v) is 3.49. The zero-order valence-electron chi connectivity index (χ0n) is 8.16. The molecule has 0 aliphatic carbocycles. The third kappa shape index (κ3) is 1.08. The molecule has 0 fully saturated rings. The summed E-state index contributed by atoms with van der Waals surface area (Å²) in [7, 11) is 0. The van der Waals surface area contributed by atoms with Gasteiger partial charge in [-0.15, -0.1) is 0 Å². The Morgan fingerprint density at radius 1 is 1.40 bits per heavy atom. The maximum absolute atomic E-state index is 11.0. The standard InChI is InChI=1S/C12H10ClNO/c13-12-10(7-15)9-5-1-3-8-4-2-6-14(12)11(8)9/h1,3,5,7H,2,4,6H2. The van der Waals surface area contributed by atoms with Crippen LogP contribution in [0.25, 0.3) is 10.9 Å². The SMILES string of the molecule is O=Cc1c(Cl)n2c3c(cccc13)CCC2. The first-order chi connectivity index (χ1) is 7.33. The highest BCUT2D eigenvalue weighted by atomic mass is 35.5. The first kappa shape index (κ1) is 8.98. The first-order valence-corrected chi connectivity index (χ1v) is 5.45. The molecule has 3 rings (SSSR count). The summed E-state index contributed by atoms with van der Waals surface area (Å²) < 4.78 is 2.06. The zero-order chi connectivity index (χ0) is 10.4. The lowest BCUT2D eigenvalue weighted by Gasteiger charge is -2.15. The average Bonchev–Trinajstić information content (AvgIpc) is 2.55. The van der Waals surface area contributed by atoms with Gasteiger partial charge in [0.15, 0.2) is 6.29 Å². The van der Waals surface area contributed by atoms with Crippen molar-refractivity contribution in [2.75, 3.05) is 0 Å². The van der Waals surface area contributed by atoms with E-state index >= 15 is 0 Å². The van der Waals surface area contributed by atoms with Crippen molar-refractivity contribution in [3.05, 3.63) is 34.5 Å². The Morgan fingerprint density at radius 2 is 2.27 bits per heavy atom. The van der Waals surface area contributed by atoms with E-state index in [1.807, 2.05) is 12.1 Å². The highest BCUT2D eigenvalue weighted by Crippen LogP contribution is 2.34. The second-order valence-electron chi connectivity index (χ2n) is 3.89. The number of rotatable bonds is 1. The number of nitrogens with zero attached hydrogens (tertiary/aromatic N) is 1. The molecule has 0 saturated carbocycles. The molecule has 0 N–H and O–H groups in total. The third-order valence-electron chi connectivity index (χ3n) is 3.08. The van der Waals surface area contributed by atoms with Crippen LogP contribution in [0.5, 0.6) is 0 Å². The van der Waals surface area contributed by atoms with Gasteiger partial charge in [0.2, 0.25) is 0 Å². The molecular weight excluding hydrogens is 210 g/mol. The van der Waals surface area contributed by atoms with Gasteiger partial charge in [-0.25, -0.2) is 0 Å². The van der Waals surface area contributed by atoms with E-state index in [1.54, 1.807) is 0 Å². The van der Waals surface area contributed by atoms with Gasteiger partial charge in [0.05, 0.1) is 11.1 Å². The van der Waals surface area contributed by atoms with E-state index in [2.05, 4.69) is 10.6 Å². The molecule has 1 aromatic carbocycles. The highest BCUT2D eigenvalue weighted by Gasteiger charge is 2.19. The topological polar surface area (TPSA) is 22.0 Å². The summed E-state index contributed by atoms with van der Waals surface area (Å²) in [5.41, 5.74) is 3.08. The molecule has 2 aromatic rings. The quantitative estimate of drug-likeness (QED) is 0.676. The fourth-order valence-corrected chi connectivity index (χ4v) is 2.75. The van der Waals surface area contributed by atoms with Crippen LogP contribution in [-0.4, -0.2) is 10.9 Å². The lowest BCUT2D eigenvalue weighted by atomic mass is 10.0. The number of aryl methyl sites for hydroxylation is 2. The first-order valence-electron chi connectivity index (χ1n) is 5.07. The number of benzene rings is 1. The second-order valence-corrected chi connectivity index (χ2v) is 4.25. The monoisotopic (exact) mass is 219 g/mol. The number of aromatic nitrogens is 1. The van der Waals surface area contributed by atoms with Crippen molar-refractivity contribution in [1.29, 1.82) is 0 Å². The van der Waals surface area contributed by atoms with E-state index in [9.17, 15) is 4.79 Å². The van der Waals surface area contributed by atoms with Gasteiger partial charge in [0.1, 0.15) is 5.15 Å². The van der Waals surface area contributed by atoms with Crippen LogP contribution >= 0.6 is 11.6 Å². The summed E-state index contributed by atoms with van der Waals surface area (Å²) in [5, 5.41) is 1.58.